The zero-order valence-corrected chi connectivity index (χ0v) is 8.57. The van der Waals surface area contributed by atoms with Gasteiger partial charge in [-0.2, -0.15) is 0 Å². The molecule has 0 spiro atoms. The summed E-state index contributed by atoms with van der Waals surface area (Å²) in [6, 6.07) is 0. The van der Waals surface area contributed by atoms with Crippen molar-refractivity contribution in [3.63, 3.8) is 0 Å². The van der Waals surface area contributed by atoms with Crippen molar-refractivity contribution in [1.29, 1.82) is 0 Å². The van der Waals surface area contributed by atoms with Crippen LogP contribution in [0.4, 0.5) is 0 Å². The number of carbonyl (C=O) groups is 1. The number of hydrogen-bond acceptors (Lipinski definition) is 3. The minimum atomic E-state index is -1.19. The predicted octanol–water partition coefficient (Wildman–Crippen LogP) is -0.935. The second kappa shape index (κ2) is 9.88. The summed E-state index contributed by atoms with van der Waals surface area (Å²) in [4.78, 5) is 9.49. The summed E-state index contributed by atoms with van der Waals surface area (Å²) in [7, 11) is 0. The van der Waals surface area contributed by atoms with Gasteiger partial charge in [0.1, 0.15) is 0 Å². The van der Waals surface area contributed by atoms with E-state index in [9.17, 15) is 15.0 Å². The average molecular weight is 192 g/mol. The molecule has 0 fully saturated rings. The number of carboxylic acids is 1. The van der Waals surface area contributed by atoms with Crippen molar-refractivity contribution in [2.75, 3.05) is 0 Å². The molecule has 0 saturated carbocycles. The number of carbonyl (C=O) groups excluding carboxylic acids is 1. The van der Waals surface area contributed by atoms with Crippen molar-refractivity contribution in [2.24, 2.45) is 0 Å². The molecular weight excluding hydrogens is 180 g/mol. The molecule has 62 valence electrons. The number of hydrogen-bond donors (Lipinski definition) is 0. The van der Waals surface area contributed by atoms with Gasteiger partial charge >= 0.3 is 21.7 Å². The Labute approximate surface area is 82.0 Å². The van der Waals surface area contributed by atoms with Crippen LogP contribution in [0.25, 0.3) is 0 Å². The van der Waals surface area contributed by atoms with Gasteiger partial charge in [-0.3, -0.25) is 0 Å². The molecule has 0 rings (SSSR count). The van der Waals surface area contributed by atoms with Gasteiger partial charge in [0.2, 0.25) is 0 Å². The van der Waals surface area contributed by atoms with Gasteiger partial charge in [0.15, 0.2) is 0 Å². The Morgan fingerprint density at radius 3 is 1.55 bits per heavy atom. The van der Waals surface area contributed by atoms with E-state index in [0.717, 1.165) is 0 Å². The molecule has 0 aliphatic rings. The van der Waals surface area contributed by atoms with E-state index in [0.29, 0.717) is 0 Å². The Morgan fingerprint density at radius 1 is 1.45 bits per heavy atom. The first kappa shape index (κ1) is 17.1. The quantitative estimate of drug-likeness (QED) is 0.398. The Morgan fingerprint density at radius 2 is 1.55 bits per heavy atom. The first-order valence-corrected chi connectivity index (χ1v) is 2.90. The molecule has 0 bridgehead atoms. The van der Waals surface area contributed by atoms with Crippen LogP contribution in [-0.2, 0) is 26.5 Å². The van der Waals surface area contributed by atoms with Crippen LogP contribution < -0.4 is 10.2 Å². The third-order valence-electron chi connectivity index (χ3n) is 0.348. The topological polar surface area (TPSA) is 63.2 Å². The van der Waals surface area contributed by atoms with E-state index >= 15 is 0 Å². The van der Waals surface area contributed by atoms with Crippen LogP contribution in [0.5, 0.6) is 0 Å². The van der Waals surface area contributed by atoms with E-state index in [1.54, 1.807) is 13.8 Å². The molecule has 0 heterocycles. The molecule has 0 aliphatic heterocycles. The Balaban J connectivity index is -0.000000114. The molecule has 0 aromatic heterocycles. The molecular formula is C7H12O3Ti. The predicted molar refractivity (Wildman–Crippen MR) is 35.0 cm³/mol. The van der Waals surface area contributed by atoms with Crippen LogP contribution in [0.2, 0.25) is 0 Å². The second-order valence-corrected chi connectivity index (χ2v) is 2.12. The summed E-state index contributed by atoms with van der Waals surface area (Å²) in [5.74, 6) is -1.19. The normalized spacial score (nSPS) is 7.36. The fourth-order valence-electron chi connectivity index (χ4n) is 0. The monoisotopic (exact) mass is 192 g/mol. The minimum Gasteiger partial charge on any atom is -0.852 e. The molecule has 0 aromatic carbocycles. The van der Waals surface area contributed by atoms with Crippen LogP contribution in [-0.4, -0.2) is 12.1 Å². The molecule has 0 N–H and O–H groups in total. The molecule has 0 aliphatic carbocycles. The molecule has 0 atom stereocenters. The summed E-state index contributed by atoms with van der Waals surface area (Å²) >= 11 is 0. The zero-order chi connectivity index (χ0) is 8.73. The van der Waals surface area contributed by atoms with Crippen molar-refractivity contribution >= 4 is 5.97 Å². The first-order chi connectivity index (χ1) is 4.37. The fraction of sp³-hybridized carbons (Fsp3) is 0.571. The molecule has 0 amide bonds. The SMILES string of the molecule is C=C(C)C(=O)[O-].CC(C)[O-].[Ti+2]. The van der Waals surface area contributed by atoms with E-state index < -0.39 is 12.1 Å². The van der Waals surface area contributed by atoms with Gasteiger partial charge in [-0.05, 0) is 12.5 Å². The fourth-order valence-corrected chi connectivity index (χ4v) is 0. The Hall–Kier alpha value is -0.116. The molecule has 0 unspecified atom stereocenters. The third-order valence-corrected chi connectivity index (χ3v) is 0.348. The van der Waals surface area contributed by atoms with E-state index in [4.69, 9.17) is 0 Å². The number of aliphatic carboxylic acids is 1. The molecule has 3 nitrogen and oxygen atoms in total. The van der Waals surface area contributed by atoms with Crippen LogP contribution in [0.15, 0.2) is 12.2 Å². The van der Waals surface area contributed by atoms with Gasteiger partial charge in [-0.1, -0.05) is 20.4 Å². The number of carboxylic acid groups (broad SMARTS) is 1. The maximum Gasteiger partial charge on any atom is 2.00 e. The van der Waals surface area contributed by atoms with Crippen LogP contribution in [0, 0.1) is 0 Å². The van der Waals surface area contributed by atoms with Gasteiger partial charge in [-0.15, -0.1) is 6.10 Å². The second-order valence-electron chi connectivity index (χ2n) is 2.12. The van der Waals surface area contributed by atoms with Crippen LogP contribution in [0.3, 0.4) is 0 Å². The van der Waals surface area contributed by atoms with Gasteiger partial charge in [-0.25, -0.2) is 0 Å². The van der Waals surface area contributed by atoms with E-state index in [1.165, 1.54) is 6.92 Å². The molecule has 0 radical (unpaired) electrons. The summed E-state index contributed by atoms with van der Waals surface area (Å²) in [5, 5.41) is 19.0. The molecule has 4 heteroatoms. The van der Waals surface area contributed by atoms with E-state index in [-0.39, 0.29) is 27.3 Å². The maximum atomic E-state index is 9.53. The summed E-state index contributed by atoms with van der Waals surface area (Å²) < 4.78 is 0. The van der Waals surface area contributed by atoms with Gasteiger partial charge in [0, 0.05) is 0 Å². The molecule has 0 saturated heterocycles. The summed E-state index contributed by atoms with van der Waals surface area (Å²) in [5.41, 5.74) is 0.0648. The van der Waals surface area contributed by atoms with Crippen molar-refractivity contribution < 1.29 is 36.7 Å². The van der Waals surface area contributed by atoms with E-state index in [1.807, 2.05) is 0 Å². The van der Waals surface area contributed by atoms with Gasteiger partial charge in [0.25, 0.3) is 0 Å². The molecule has 11 heavy (non-hydrogen) atoms. The van der Waals surface area contributed by atoms with Gasteiger partial charge in [0.05, 0.1) is 5.97 Å². The van der Waals surface area contributed by atoms with E-state index in [2.05, 4.69) is 6.58 Å². The largest absolute Gasteiger partial charge is 2.00 e. The van der Waals surface area contributed by atoms with Crippen molar-refractivity contribution in [1.82, 2.24) is 0 Å². The smallest absolute Gasteiger partial charge is 0.852 e. The van der Waals surface area contributed by atoms with Crippen LogP contribution >= 0.6 is 0 Å². The number of rotatable bonds is 1. The van der Waals surface area contributed by atoms with Crippen molar-refractivity contribution in [2.45, 2.75) is 26.9 Å². The average Bonchev–Trinajstić information content (AvgIpc) is 1.63. The standard InChI is InChI=1S/C4H6O2.C3H7O.Ti/c1-3(2)4(5)6;1-3(2)4;/h1H2,2H3,(H,5,6);3H,1-2H3;/q;-1;+2/p-1. The summed E-state index contributed by atoms with van der Waals surface area (Å²) in [6.07, 6.45) is -0.417. The van der Waals surface area contributed by atoms with Crippen molar-refractivity contribution in [3.05, 3.63) is 12.2 Å². The summed E-state index contributed by atoms with van der Waals surface area (Å²) in [6.45, 7) is 7.70. The van der Waals surface area contributed by atoms with Gasteiger partial charge < -0.3 is 15.0 Å². The Kier molecular flexibility index (Phi) is 15.4. The van der Waals surface area contributed by atoms with Crippen molar-refractivity contribution in [3.8, 4) is 0 Å². The first-order valence-electron chi connectivity index (χ1n) is 2.90. The maximum absolute atomic E-state index is 9.53. The minimum absolute atomic E-state index is 0. The van der Waals surface area contributed by atoms with Crippen LogP contribution in [0.1, 0.15) is 20.8 Å². The Bertz CT molecular complexity index is 106. The zero-order valence-electron chi connectivity index (χ0n) is 7.01. The molecule has 0 aromatic rings. The third kappa shape index (κ3) is 40.7.